The predicted octanol–water partition coefficient (Wildman–Crippen LogP) is -0.593. The second kappa shape index (κ2) is 4.23. The molecular formula is C8H13NO4. The van der Waals surface area contributed by atoms with Gasteiger partial charge in [0.2, 0.25) is 6.10 Å². The van der Waals surface area contributed by atoms with Crippen molar-refractivity contribution >= 4 is 11.9 Å². The second-order valence-corrected chi connectivity index (χ2v) is 2.76. The Labute approximate surface area is 76.6 Å². The van der Waals surface area contributed by atoms with Gasteiger partial charge in [0.1, 0.15) is 0 Å². The van der Waals surface area contributed by atoms with Crippen molar-refractivity contribution in [3.8, 4) is 0 Å². The van der Waals surface area contributed by atoms with Gasteiger partial charge in [0, 0.05) is 13.6 Å². The third-order valence-corrected chi connectivity index (χ3v) is 1.81. The molecule has 0 radical (unpaired) electrons. The van der Waals surface area contributed by atoms with E-state index in [1.54, 1.807) is 14.0 Å². The summed E-state index contributed by atoms with van der Waals surface area (Å²) in [5.41, 5.74) is 0. The Bertz CT molecular complexity index is 216. The van der Waals surface area contributed by atoms with Crippen LogP contribution in [0.15, 0.2) is 0 Å². The zero-order chi connectivity index (χ0) is 9.84. The quantitative estimate of drug-likeness (QED) is 0.428. The van der Waals surface area contributed by atoms with Crippen LogP contribution in [0, 0.1) is 0 Å². The van der Waals surface area contributed by atoms with E-state index in [9.17, 15) is 9.59 Å². The van der Waals surface area contributed by atoms with Crippen molar-refractivity contribution in [1.82, 2.24) is 4.90 Å². The van der Waals surface area contributed by atoms with Gasteiger partial charge in [-0.1, -0.05) is 0 Å². The first-order valence-corrected chi connectivity index (χ1v) is 4.20. The average molecular weight is 187 g/mol. The standard InChI is InChI=1S/C8H13NO4/c1-3-12-8(11)6-7(10)9(2)4-5-13-6/h6H,3-5H2,1-2H3. The fraction of sp³-hybridized carbons (Fsp3) is 0.750. The van der Waals surface area contributed by atoms with Crippen LogP contribution in [0.1, 0.15) is 6.92 Å². The third kappa shape index (κ3) is 2.18. The zero-order valence-electron chi connectivity index (χ0n) is 7.78. The summed E-state index contributed by atoms with van der Waals surface area (Å²) in [5.74, 6) is -0.927. The molecule has 0 aromatic heterocycles. The molecule has 1 fully saturated rings. The molecule has 13 heavy (non-hydrogen) atoms. The molecule has 5 heteroatoms. The third-order valence-electron chi connectivity index (χ3n) is 1.81. The fourth-order valence-electron chi connectivity index (χ4n) is 1.08. The molecule has 0 bridgehead atoms. The number of morpholine rings is 1. The summed E-state index contributed by atoms with van der Waals surface area (Å²) in [7, 11) is 1.64. The molecule has 1 rings (SSSR count). The number of rotatable bonds is 2. The molecule has 0 aliphatic carbocycles. The highest BCUT2D eigenvalue weighted by molar-refractivity contribution is 6.01. The van der Waals surface area contributed by atoms with Gasteiger partial charge < -0.3 is 14.4 Å². The number of carbonyl (C=O) groups excluding carboxylic acids is 2. The molecule has 0 aromatic carbocycles. The maximum absolute atomic E-state index is 11.3. The number of hydrogen-bond donors (Lipinski definition) is 0. The van der Waals surface area contributed by atoms with E-state index >= 15 is 0 Å². The lowest BCUT2D eigenvalue weighted by Gasteiger charge is -2.27. The summed E-state index contributed by atoms with van der Waals surface area (Å²) in [6.07, 6.45) is -1.06. The van der Waals surface area contributed by atoms with Gasteiger partial charge in [-0.15, -0.1) is 0 Å². The maximum Gasteiger partial charge on any atom is 0.345 e. The monoisotopic (exact) mass is 187 g/mol. The van der Waals surface area contributed by atoms with Gasteiger partial charge in [-0.05, 0) is 6.92 Å². The fourth-order valence-corrected chi connectivity index (χ4v) is 1.08. The molecule has 1 aliphatic rings. The van der Waals surface area contributed by atoms with Crippen LogP contribution in [0.3, 0.4) is 0 Å². The SMILES string of the molecule is CCOC(=O)C1OCCN(C)C1=O. The first kappa shape index (κ1) is 9.98. The van der Waals surface area contributed by atoms with Crippen molar-refractivity contribution in [2.75, 3.05) is 26.8 Å². The molecule has 1 heterocycles. The van der Waals surface area contributed by atoms with E-state index in [1.807, 2.05) is 0 Å². The number of carbonyl (C=O) groups is 2. The van der Waals surface area contributed by atoms with Crippen LogP contribution < -0.4 is 0 Å². The highest BCUT2D eigenvalue weighted by Gasteiger charge is 2.34. The molecule has 1 saturated heterocycles. The molecular weight excluding hydrogens is 174 g/mol. The first-order valence-electron chi connectivity index (χ1n) is 4.20. The van der Waals surface area contributed by atoms with E-state index in [0.29, 0.717) is 13.2 Å². The van der Waals surface area contributed by atoms with Gasteiger partial charge in [-0.2, -0.15) is 0 Å². The molecule has 0 N–H and O–H groups in total. The van der Waals surface area contributed by atoms with Crippen LogP contribution in [-0.4, -0.2) is 49.7 Å². The van der Waals surface area contributed by atoms with Gasteiger partial charge >= 0.3 is 5.97 Å². The normalized spacial score (nSPS) is 23.1. The smallest absolute Gasteiger partial charge is 0.345 e. The van der Waals surface area contributed by atoms with Crippen LogP contribution >= 0.6 is 0 Å². The van der Waals surface area contributed by atoms with Crippen LogP contribution in [-0.2, 0) is 19.1 Å². The molecule has 74 valence electrons. The van der Waals surface area contributed by atoms with Crippen molar-refractivity contribution in [2.24, 2.45) is 0 Å². The van der Waals surface area contributed by atoms with Crippen LogP contribution in [0.2, 0.25) is 0 Å². The first-order chi connectivity index (χ1) is 6.16. The minimum Gasteiger partial charge on any atom is -0.464 e. The predicted molar refractivity (Wildman–Crippen MR) is 44.0 cm³/mol. The summed E-state index contributed by atoms with van der Waals surface area (Å²) in [6.45, 7) is 2.85. The number of nitrogens with zero attached hydrogens (tertiary/aromatic N) is 1. The summed E-state index contributed by atoms with van der Waals surface area (Å²) < 4.78 is 9.70. The van der Waals surface area contributed by atoms with Gasteiger partial charge in [-0.25, -0.2) is 4.79 Å². The summed E-state index contributed by atoms with van der Waals surface area (Å²) >= 11 is 0. The molecule has 0 aromatic rings. The molecule has 0 spiro atoms. The highest BCUT2D eigenvalue weighted by Crippen LogP contribution is 2.06. The van der Waals surface area contributed by atoms with E-state index in [1.165, 1.54) is 4.90 Å². The molecule has 1 aliphatic heterocycles. The minimum absolute atomic E-state index is 0.260. The van der Waals surface area contributed by atoms with E-state index in [2.05, 4.69) is 4.74 Å². The maximum atomic E-state index is 11.3. The Morgan fingerprint density at radius 1 is 1.77 bits per heavy atom. The number of ether oxygens (including phenoxy) is 2. The van der Waals surface area contributed by atoms with Crippen molar-refractivity contribution in [3.05, 3.63) is 0 Å². The topological polar surface area (TPSA) is 55.8 Å². The summed E-state index contributed by atoms with van der Waals surface area (Å²) in [5, 5.41) is 0. The summed E-state index contributed by atoms with van der Waals surface area (Å²) in [6, 6.07) is 0. The minimum atomic E-state index is -1.06. The van der Waals surface area contributed by atoms with Crippen LogP contribution in [0.25, 0.3) is 0 Å². The molecule has 1 amide bonds. The Hall–Kier alpha value is -1.10. The molecule has 5 nitrogen and oxygen atoms in total. The average Bonchev–Trinajstić information content (AvgIpc) is 2.10. The Kier molecular flexibility index (Phi) is 3.25. The lowest BCUT2D eigenvalue weighted by molar-refractivity contribution is -0.171. The van der Waals surface area contributed by atoms with Crippen molar-refractivity contribution in [3.63, 3.8) is 0 Å². The summed E-state index contributed by atoms with van der Waals surface area (Å²) in [4.78, 5) is 24.0. The van der Waals surface area contributed by atoms with Crippen molar-refractivity contribution in [2.45, 2.75) is 13.0 Å². The lowest BCUT2D eigenvalue weighted by Crippen LogP contribution is -2.49. The van der Waals surface area contributed by atoms with Gasteiger partial charge in [0.25, 0.3) is 5.91 Å². The van der Waals surface area contributed by atoms with Gasteiger partial charge in [0.05, 0.1) is 13.2 Å². The number of esters is 1. The number of hydrogen-bond acceptors (Lipinski definition) is 4. The van der Waals surface area contributed by atoms with Gasteiger partial charge in [-0.3, -0.25) is 4.79 Å². The molecule has 1 unspecified atom stereocenters. The van der Waals surface area contributed by atoms with E-state index in [0.717, 1.165) is 0 Å². The largest absolute Gasteiger partial charge is 0.464 e. The van der Waals surface area contributed by atoms with Gasteiger partial charge in [0.15, 0.2) is 0 Å². The number of likely N-dealkylation sites (N-methyl/N-ethyl adjacent to an activating group) is 1. The van der Waals surface area contributed by atoms with Crippen LogP contribution in [0.5, 0.6) is 0 Å². The van der Waals surface area contributed by atoms with E-state index in [-0.39, 0.29) is 12.5 Å². The van der Waals surface area contributed by atoms with Crippen LogP contribution in [0.4, 0.5) is 0 Å². The Balaban J connectivity index is 2.57. The van der Waals surface area contributed by atoms with Crippen molar-refractivity contribution < 1.29 is 19.1 Å². The Morgan fingerprint density at radius 3 is 3.08 bits per heavy atom. The second-order valence-electron chi connectivity index (χ2n) is 2.76. The highest BCUT2D eigenvalue weighted by atomic mass is 16.6. The van der Waals surface area contributed by atoms with E-state index < -0.39 is 12.1 Å². The van der Waals surface area contributed by atoms with E-state index in [4.69, 9.17) is 4.74 Å². The lowest BCUT2D eigenvalue weighted by atomic mass is 10.3. The Morgan fingerprint density at radius 2 is 2.46 bits per heavy atom. The number of amides is 1. The van der Waals surface area contributed by atoms with Crippen molar-refractivity contribution in [1.29, 1.82) is 0 Å². The molecule has 0 saturated carbocycles. The molecule has 1 atom stereocenters. The zero-order valence-corrected chi connectivity index (χ0v) is 7.78.